The van der Waals surface area contributed by atoms with Crippen molar-refractivity contribution >= 4 is 30.5 Å². The molecule has 0 rings (SSSR count). The molecule has 0 amide bonds. The van der Waals surface area contributed by atoms with Crippen LogP contribution in [0, 0.1) is 0 Å². The highest BCUT2D eigenvalue weighted by Crippen LogP contribution is 1.98. The topological polar surface area (TPSA) is 51.2 Å². The second kappa shape index (κ2) is 5.11. The standard InChI is InChI=1S/C5H11ClO3S2/c1-11(8,9)5-3-2-4-10(6)7/h2-5H2,1H3. The molecule has 0 aliphatic rings. The molecule has 0 aromatic carbocycles. The van der Waals surface area contributed by atoms with Gasteiger partial charge in [-0.05, 0) is 23.5 Å². The van der Waals surface area contributed by atoms with E-state index in [1.54, 1.807) is 0 Å². The summed E-state index contributed by atoms with van der Waals surface area (Å²) in [6, 6.07) is 0. The first-order chi connectivity index (χ1) is 4.92. The molecule has 0 aliphatic heterocycles. The summed E-state index contributed by atoms with van der Waals surface area (Å²) in [6.07, 6.45) is 2.32. The van der Waals surface area contributed by atoms with Gasteiger partial charge in [-0.25, -0.2) is 12.6 Å². The fourth-order valence-electron chi connectivity index (χ4n) is 0.580. The molecule has 0 heterocycles. The van der Waals surface area contributed by atoms with Crippen LogP contribution in [-0.2, 0) is 19.9 Å². The maximum absolute atomic E-state index is 10.6. The van der Waals surface area contributed by atoms with Crippen molar-refractivity contribution in [2.24, 2.45) is 0 Å². The van der Waals surface area contributed by atoms with Crippen LogP contribution in [0.5, 0.6) is 0 Å². The molecule has 0 radical (unpaired) electrons. The number of rotatable bonds is 5. The Morgan fingerprint density at radius 1 is 1.36 bits per heavy atom. The highest BCUT2D eigenvalue weighted by Gasteiger charge is 2.01. The first-order valence-electron chi connectivity index (χ1n) is 3.14. The number of hydrogen-bond donors (Lipinski definition) is 0. The van der Waals surface area contributed by atoms with Crippen LogP contribution in [-0.4, -0.2) is 30.4 Å². The molecule has 0 spiro atoms. The molecule has 0 saturated heterocycles. The SMILES string of the molecule is CS(=O)(=O)CCCCS(=O)Cl. The second-order valence-electron chi connectivity index (χ2n) is 2.33. The highest BCUT2D eigenvalue weighted by molar-refractivity contribution is 8.08. The monoisotopic (exact) mass is 218 g/mol. The second-order valence-corrected chi connectivity index (χ2v) is 6.61. The van der Waals surface area contributed by atoms with E-state index < -0.39 is 19.9 Å². The van der Waals surface area contributed by atoms with E-state index in [0.717, 1.165) is 0 Å². The minimum atomic E-state index is -2.86. The van der Waals surface area contributed by atoms with E-state index in [0.29, 0.717) is 18.6 Å². The molecule has 0 saturated carbocycles. The zero-order chi connectivity index (χ0) is 8.91. The van der Waals surface area contributed by atoms with E-state index in [-0.39, 0.29) is 5.75 Å². The summed E-state index contributed by atoms with van der Waals surface area (Å²) in [5.74, 6) is 0.526. The summed E-state index contributed by atoms with van der Waals surface area (Å²) < 4.78 is 31.4. The van der Waals surface area contributed by atoms with E-state index in [4.69, 9.17) is 10.7 Å². The third-order valence-corrected chi connectivity index (χ3v) is 3.17. The smallest absolute Gasteiger partial charge is 0.147 e. The Kier molecular flexibility index (Phi) is 5.29. The molecule has 0 N–H and O–H groups in total. The number of hydrogen-bond acceptors (Lipinski definition) is 3. The lowest BCUT2D eigenvalue weighted by Gasteiger charge is -1.95. The van der Waals surface area contributed by atoms with Crippen molar-refractivity contribution in [1.82, 2.24) is 0 Å². The fraction of sp³-hybridized carbons (Fsp3) is 1.00. The Labute approximate surface area is 74.0 Å². The van der Waals surface area contributed by atoms with Crippen LogP contribution < -0.4 is 0 Å². The van der Waals surface area contributed by atoms with Gasteiger partial charge in [0, 0.05) is 17.8 Å². The van der Waals surface area contributed by atoms with E-state index >= 15 is 0 Å². The summed E-state index contributed by atoms with van der Waals surface area (Å²) in [5.41, 5.74) is 0. The zero-order valence-corrected chi connectivity index (χ0v) is 8.64. The average molecular weight is 219 g/mol. The van der Waals surface area contributed by atoms with Gasteiger partial charge in [-0.2, -0.15) is 0 Å². The molecule has 0 aromatic rings. The number of halogens is 1. The highest BCUT2D eigenvalue weighted by atomic mass is 35.7. The van der Waals surface area contributed by atoms with Crippen molar-refractivity contribution in [3.05, 3.63) is 0 Å². The molecule has 1 unspecified atom stereocenters. The minimum absolute atomic E-state index is 0.154. The van der Waals surface area contributed by atoms with Gasteiger partial charge in [0.15, 0.2) is 0 Å². The van der Waals surface area contributed by atoms with E-state index in [2.05, 4.69) is 0 Å². The van der Waals surface area contributed by atoms with Gasteiger partial charge >= 0.3 is 0 Å². The molecule has 6 heteroatoms. The normalized spacial score (nSPS) is 14.7. The van der Waals surface area contributed by atoms with Crippen LogP contribution in [0.3, 0.4) is 0 Å². The summed E-state index contributed by atoms with van der Waals surface area (Å²) in [5, 5.41) is 0. The number of unbranched alkanes of at least 4 members (excludes halogenated alkanes) is 1. The van der Waals surface area contributed by atoms with E-state index in [1.807, 2.05) is 0 Å². The Morgan fingerprint density at radius 2 is 1.91 bits per heavy atom. The molecule has 0 fully saturated rings. The Balaban J connectivity index is 3.37. The Hall–Kier alpha value is 0.390. The van der Waals surface area contributed by atoms with Gasteiger partial charge in [0.25, 0.3) is 0 Å². The largest absolute Gasteiger partial charge is 0.243 e. The molecule has 11 heavy (non-hydrogen) atoms. The van der Waals surface area contributed by atoms with Crippen molar-refractivity contribution in [3.63, 3.8) is 0 Å². The molecule has 1 atom stereocenters. The van der Waals surface area contributed by atoms with Gasteiger partial charge < -0.3 is 0 Å². The number of sulfone groups is 1. The van der Waals surface area contributed by atoms with Crippen molar-refractivity contribution in [3.8, 4) is 0 Å². The minimum Gasteiger partial charge on any atom is -0.243 e. The van der Waals surface area contributed by atoms with Gasteiger partial charge in [-0.15, -0.1) is 0 Å². The van der Waals surface area contributed by atoms with E-state index in [1.165, 1.54) is 6.26 Å². The van der Waals surface area contributed by atoms with Gasteiger partial charge in [0.1, 0.15) is 19.9 Å². The first kappa shape index (κ1) is 11.4. The van der Waals surface area contributed by atoms with Crippen molar-refractivity contribution in [2.45, 2.75) is 12.8 Å². The van der Waals surface area contributed by atoms with Gasteiger partial charge in [0.2, 0.25) is 0 Å². The maximum Gasteiger partial charge on any atom is 0.147 e. The molecule has 68 valence electrons. The Bertz CT molecular complexity index is 222. The summed E-state index contributed by atoms with van der Waals surface area (Å²) in [4.78, 5) is 0. The van der Waals surface area contributed by atoms with Crippen LogP contribution in [0.25, 0.3) is 0 Å². The summed E-state index contributed by atoms with van der Waals surface area (Å²) in [7, 11) is 0.970. The van der Waals surface area contributed by atoms with Crippen LogP contribution in [0.2, 0.25) is 0 Å². The summed E-state index contributed by atoms with van der Waals surface area (Å²) in [6.45, 7) is 0. The third kappa shape index (κ3) is 10.4. The van der Waals surface area contributed by atoms with Crippen LogP contribution in [0.15, 0.2) is 0 Å². The third-order valence-electron chi connectivity index (χ3n) is 1.07. The molecular weight excluding hydrogens is 208 g/mol. The molecular formula is C5H11ClO3S2. The molecule has 0 bridgehead atoms. The van der Waals surface area contributed by atoms with Crippen molar-refractivity contribution in [1.29, 1.82) is 0 Å². The lowest BCUT2D eigenvalue weighted by Crippen LogP contribution is -2.03. The summed E-state index contributed by atoms with van der Waals surface area (Å²) >= 11 is 0. The molecule has 0 aromatic heterocycles. The van der Waals surface area contributed by atoms with Gasteiger partial charge in [0.05, 0.1) is 0 Å². The Morgan fingerprint density at radius 3 is 2.27 bits per heavy atom. The quantitative estimate of drug-likeness (QED) is 0.505. The van der Waals surface area contributed by atoms with Crippen molar-refractivity contribution in [2.75, 3.05) is 17.8 Å². The lowest BCUT2D eigenvalue weighted by molar-refractivity contribution is 0.598. The van der Waals surface area contributed by atoms with Crippen LogP contribution >= 0.6 is 10.7 Å². The van der Waals surface area contributed by atoms with Crippen molar-refractivity contribution < 1.29 is 12.6 Å². The average Bonchev–Trinajstić information content (AvgIpc) is 1.78. The van der Waals surface area contributed by atoms with Crippen LogP contribution in [0.4, 0.5) is 0 Å². The first-order valence-corrected chi connectivity index (χ1v) is 7.35. The van der Waals surface area contributed by atoms with Crippen LogP contribution in [0.1, 0.15) is 12.8 Å². The predicted molar refractivity (Wildman–Crippen MR) is 47.8 cm³/mol. The molecule has 0 aliphatic carbocycles. The lowest BCUT2D eigenvalue weighted by atomic mass is 10.4. The fourth-order valence-corrected chi connectivity index (χ4v) is 2.07. The zero-order valence-electron chi connectivity index (χ0n) is 6.25. The van der Waals surface area contributed by atoms with Gasteiger partial charge in [-0.3, -0.25) is 0 Å². The maximum atomic E-state index is 10.6. The van der Waals surface area contributed by atoms with E-state index in [9.17, 15) is 12.6 Å². The molecule has 3 nitrogen and oxygen atoms in total. The van der Waals surface area contributed by atoms with Gasteiger partial charge in [-0.1, -0.05) is 0 Å². The predicted octanol–water partition coefficient (Wildman–Crippen LogP) is 0.714.